The average molecular weight is 293 g/mol. The third-order valence-corrected chi connectivity index (χ3v) is 4.58. The van der Waals surface area contributed by atoms with E-state index in [-0.39, 0.29) is 5.91 Å². The molecule has 4 N–H and O–H groups in total. The van der Waals surface area contributed by atoms with Crippen molar-refractivity contribution >= 4 is 27.9 Å². The van der Waals surface area contributed by atoms with Crippen molar-refractivity contribution < 1.29 is 4.79 Å². The minimum atomic E-state index is -0.0992. The second-order valence-electron chi connectivity index (χ2n) is 5.14. The average Bonchev–Trinajstić information content (AvgIpc) is 3.21. The zero-order valence-electron chi connectivity index (χ0n) is 12.0. The number of hydrogen-bond donors (Lipinski definition) is 3. The molecule has 1 aromatic heterocycles. The van der Waals surface area contributed by atoms with Gasteiger partial charge in [-0.2, -0.15) is 0 Å². The molecule has 0 bridgehead atoms. The van der Waals surface area contributed by atoms with Gasteiger partial charge in [-0.05, 0) is 25.2 Å². The first kappa shape index (κ1) is 14.9. The smallest absolute Gasteiger partial charge is 0.263 e. The van der Waals surface area contributed by atoms with Gasteiger partial charge in [0.15, 0.2) is 0 Å². The van der Waals surface area contributed by atoms with Crippen LogP contribution >= 0.6 is 11.3 Å². The topological polar surface area (TPSA) is 67.2 Å². The Kier molecular flexibility index (Phi) is 5.06. The molecule has 1 aliphatic carbocycles. The fourth-order valence-electron chi connectivity index (χ4n) is 2.16. The van der Waals surface area contributed by atoms with Gasteiger partial charge in [0, 0.05) is 18.7 Å². The van der Waals surface area contributed by atoms with E-state index in [1.54, 1.807) is 6.08 Å². The Morgan fingerprint density at radius 3 is 2.90 bits per heavy atom. The van der Waals surface area contributed by atoms with Crippen LogP contribution in [0.1, 0.15) is 53.8 Å². The molecule has 0 radical (unpaired) electrons. The quantitative estimate of drug-likeness (QED) is 0.509. The predicted octanol–water partition coefficient (Wildman–Crippen LogP) is 3.34. The van der Waals surface area contributed by atoms with Gasteiger partial charge >= 0.3 is 0 Å². The second kappa shape index (κ2) is 6.79. The van der Waals surface area contributed by atoms with E-state index < -0.39 is 0 Å². The lowest BCUT2D eigenvalue weighted by molar-refractivity contribution is 0.0963. The molecule has 1 amide bonds. The van der Waals surface area contributed by atoms with Gasteiger partial charge in [0.25, 0.3) is 5.91 Å². The number of nitrogens with two attached hydrogens (primary N) is 1. The van der Waals surface area contributed by atoms with Gasteiger partial charge in [-0.25, -0.2) is 0 Å². The minimum Gasteiger partial charge on any atom is -0.397 e. The summed E-state index contributed by atoms with van der Waals surface area (Å²) < 4.78 is 0. The van der Waals surface area contributed by atoms with Gasteiger partial charge in [0.05, 0.1) is 10.7 Å². The number of nitrogens with one attached hydrogen (secondary N) is 2. The number of nitrogen functional groups attached to an aromatic ring is 1. The van der Waals surface area contributed by atoms with Gasteiger partial charge in [0.1, 0.15) is 4.88 Å². The van der Waals surface area contributed by atoms with Crippen LogP contribution in [0.15, 0.2) is 12.7 Å². The van der Waals surface area contributed by atoms with E-state index in [0.717, 1.165) is 30.0 Å². The van der Waals surface area contributed by atoms with Crippen LogP contribution in [0.3, 0.4) is 0 Å². The number of carbonyl (C=O) groups excluding carboxylic acids is 1. The van der Waals surface area contributed by atoms with Crippen molar-refractivity contribution in [1.82, 2.24) is 5.32 Å². The molecule has 1 aromatic rings. The minimum absolute atomic E-state index is 0.0992. The summed E-state index contributed by atoms with van der Waals surface area (Å²) in [5.74, 6) is 0.439. The maximum Gasteiger partial charge on any atom is 0.263 e. The largest absolute Gasteiger partial charge is 0.397 e. The molecule has 110 valence electrons. The molecule has 1 fully saturated rings. The zero-order chi connectivity index (χ0) is 14.5. The lowest BCUT2D eigenvalue weighted by Gasteiger charge is -2.06. The van der Waals surface area contributed by atoms with Gasteiger partial charge < -0.3 is 16.4 Å². The molecule has 0 spiro atoms. The van der Waals surface area contributed by atoms with E-state index in [1.165, 1.54) is 24.2 Å². The number of amides is 1. The van der Waals surface area contributed by atoms with Crippen LogP contribution in [-0.4, -0.2) is 19.0 Å². The summed E-state index contributed by atoms with van der Waals surface area (Å²) in [5, 5.41) is 7.33. The van der Waals surface area contributed by atoms with E-state index in [9.17, 15) is 4.79 Å². The maximum atomic E-state index is 12.1. The third kappa shape index (κ3) is 3.33. The lowest BCUT2D eigenvalue weighted by Crippen LogP contribution is -2.23. The van der Waals surface area contributed by atoms with E-state index in [0.29, 0.717) is 23.0 Å². The van der Waals surface area contributed by atoms with E-state index >= 15 is 0 Å². The van der Waals surface area contributed by atoms with Crippen molar-refractivity contribution in [2.75, 3.05) is 24.1 Å². The first-order chi connectivity index (χ1) is 9.69. The fourth-order valence-corrected chi connectivity index (χ4v) is 3.31. The molecule has 2 rings (SSSR count). The van der Waals surface area contributed by atoms with Crippen LogP contribution in [0.4, 0.5) is 10.7 Å². The van der Waals surface area contributed by atoms with Gasteiger partial charge in [-0.15, -0.1) is 17.9 Å². The standard InChI is InChI=1S/C15H23N3OS/c1-3-5-9-18-15-11(10-6-7-10)12(16)13(20-15)14(19)17-8-4-2/h4,10,18H,2-3,5-9,16H2,1H3,(H,17,19). The monoisotopic (exact) mass is 293 g/mol. The van der Waals surface area contributed by atoms with Crippen molar-refractivity contribution in [3.8, 4) is 0 Å². The highest BCUT2D eigenvalue weighted by Crippen LogP contribution is 2.50. The summed E-state index contributed by atoms with van der Waals surface area (Å²) in [4.78, 5) is 12.7. The molecule has 1 aliphatic rings. The molecular weight excluding hydrogens is 270 g/mol. The number of thiophene rings is 1. The summed E-state index contributed by atoms with van der Waals surface area (Å²) in [6.07, 6.45) is 6.30. The fraction of sp³-hybridized carbons (Fsp3) is 0.533. The van der Waals surface area contributed by atoms with Crippen molar-refractivity contribution in [3.63, 3.8) is 0 Å². The molecule has 1 heterocycles. The Morgan fingerprint density at radius 1 is 1.55 bits per heavy atom. The van der Waals surface area contributed by atoms with Crippen LogP contribution in [0, 0.1) is 0 Å². The summed E-state index contributed by atoms with van der Waals surface area (Å²) in [7, 11) is 0. The molecule has 5 heteroatoms. The Balaban J connectivity index is 2.17. The Hall–Kier alpha value is -1.49. The van der Waals surface area contributed by atoms with Crippen LogP contribution in [0.5, 0.6) is 0 Å². The highest BCUT2D eigenvalue weighted by Gasteiger charge is 2.32. The first-order valence-electron chi connectivity index (χ1n) is 7.24. The highest BCUT2D eigenvalue weighted by molar-refractivity contribution is 7.18. The predicted molar refractivity (Wildman–Crippen MR) is 86.6 cm³/mol. The van der Waals surface area contributed by atoms with Gasteiger partial charge in [0.2, 0.25) is 0 Å². The van der Waals surface area contributed by atoms with Crippen molar-refractivity contribution in [1.29, 1.82) is 0 Å². The maximum absolute atomic E-state index is 12.1. The number of hydrogen-bond acceptors (Lipinski definition) is 4. The summed E-state index contributed by atoms with van der Waals surface area (Å²) in [6.45, 7) is 7.17. The summed E-state index contributed by atoms with van der Waals surface area (Å²) in [5.41, 5.74) is 8.03. The Morgan fingerprint density at radius 2 is 2.30 bits per heavy atom. The van der Waals surface area contributed by atoms with Crippen LogP contribution in [-0.2, 0) is 0 Å². The van der Waals surface area contributed by atoms with Crippen LogP contribution in [0.2, 0.25) is 0 Å². The first-order valence-corrected chi connectivity index (χ1v) is 8.05. The molecule has 0 unspecified atom stereocenters. The number of anilines is 2. The SMILES string of the molecule is C=CCNC(=O)c1sc(NCCCC)c(C2CC2)c1N. The summed E-state index contributed by atoms with van der Waals surface area (Å²) >= 11 is 1.48. The van der Waals surface area contributed by atoms with Crippen molar-refractivity contribution in [3.05, 3.63) is 23.1 Å². The van der Waals surface area contributed by atoms with E-state index in [1.807, 2.05) is 0 Å². The molecule has 1 saturated carbocycles. The molecule has 4 nitrogen and oxygen atoms in total. The third-order valence-electron chi connectivity index (χ3n) is 3.40. The number of rotatable bonds is 8. The Labute approximate surface area is 124 Å². The summed E-state index contributed by atoms with van der Waals surface area (Å²) in [6, 6.07) is 0. The van der Waals surface area contributed by atoms with Crippen LogP contribution < -0.4 is 16.4 Å². The molecular formula is C15H23N3OS. The number of unbranched alkanes of at least 4 members (excludes halogenated alkanes) is 1. The molecule has 0 atom stereocenters. The lowest BCUT2D eigenvalue weighted by atomic mass is 10.1. The molecule has 0 aliphatic heterocycles. The molecule has 20 heavy (non-hydrogen) atoms. The second-order valence-corrected chi connectivity index (χ2v) is 6.16. The Bertz CT molecular complexity index is 492. The van der Waals surface area contributed by atoms with Gasteiger partial charge in [-0.3, -0.25) is 4.79 Å². The zero-order valence-corrected chi connectivity index (χ0v) is 12.8. The van der Waals surface area contributed by atoms with Gasteiger partial charge in [-0.1, -0.05) is 19.4 Å². The number of carbonyl (C=O) groups is 1. The highest BCUT2D eigenvalue weighted by atomic mass is 32.1. The van der Waals surface area contributed by atoms with Crippen LogP contribution in [0.25, 0.3) is 0 Å². The van der Waals surface area contributed by atoms with Crippen molar-refractivity contribution in [2.24, 2.45) is 0 Å². The van der Waals surface area contributed by atoms with E-state index in [2.05, 4.69) is 24.1 Å². The van der Waals surface area contributed by atoms with Crippen molar-refractivity contribution in [2.45, 2.75) is 38.5 Å². The molecule has 0 aromatic carbocycles. The normalized spacial score (nSPS) is 14.1. The van der Waals surface area contributed by atoms with E-state index in [4.69, 9.17) is 5.73 Å². The molecule has 0 saturated heterocycles.